The van der Waals surface area contributed by atoms with Gasteiger partial charge in [-0.05, 0) is 41.3 Å². The van der Waals surface area contributed by atoms with Gasteiger partial charge in [-0.15, -0.1) is 0 Å². The number of aliphatic hydroxyl groups is 1. The van der Waals surface area contributed by atoms with Gasteiger partial charge in [0.05, 0.1) is 24.6 Å². The lowest BCUT2D eigenvalue weighted by molar-refractivity contribution is -0.141. The van der Waals surface area contributed by atoms with Crippen molar-refractivity contribution in [3.63, 3.8) is 0 Å². The van der Waals surface area contributed by atoms with Crippen LogP contribution in [0.2, 0.25) is 0 Å². The number of carbonyl (C=O) groups is 2. The van der Waals surface area contributed by atoms with Gasteiger partial charge in [-0.3, -0.25) is 14.8 Å². The quantitative estimate of drug-likeness (QED) is 0.299. The lowest BCUT2D eigenvalue weighted by Crippen LogP contribution is -2.48. The number of hydrogen-bond acceptors (Lipinski definition) is 6. The molecule has 2 aromatic rings. The first kappa shape index (κ1) is 23.7. The molecule has 0 spiro atoms. The molecule has 0 heterocycles. The van der Waals surface area contributed by atoms with Crippen molar-refractivity contribution < 1.29 is 25.0 Å². The topological polar surface area (TPSA) is 122 Å². The smallest absolute Gasteiger partial charge is 0.260 e. The molecule has 1 aliphatic carbocycles. The molecule has 1 unspecified atom stereocenters. The van der Waals surface area contributed by atoms with Crippen LogP contribution in [0.25, 0.3) is 0 Å². The molecule has 0 saturated carbocycles. The van der Waals surface area contributed by atoms with Crippen molar-refractivity contribution in [3.8, 4) is 5.75 Å². The summed E-state index contributed by atoms with van der Waals surface area (Å²) in [6.45, 7) is 4.60. The number of phenols is 1. The van der Waals surface area contributed by atoms with Gasteiger partial charge in [0.2, 0.25) is 5.91 Å². The summed E-state index contributed by atoms with van der Waals surface area (Å²) >= 11 is 0. The maximum absolute atomic E-state index is 13.5. The molecule has 172 valence electrons. The van der Waals surface area contributed by atoms with Gasteiger partial charge in [-0.25, -0.2) is 5.48 Å². The third-order valence-corrected chi connectivity index (χ3v) is 5.66. The van der Waals surface area contributed by atoms with Gasteiger partial charge in [0.1, 0.15) is 5.75 Å². The van der Waals surface area contributed by atoms with Crippen LogP contribution < -0.4 is 10.8 Å². The predicted octanol–water partition coefficient (Wildman–Crippen LogP) is 1.89. The molecule has 0 saturated heterocycles. The fourth-order valence-corrected chi connectivity index (χ4v) is 4.13. The molecule has 1 aliphatic rings. The SMILES string of the molecule is CC(C)CNC(CC(=O)N(Cc1cccc(O)c1)[C@H]1c2ccccc2C[C@H]1O)C(=O)NO. The highest BCUT2D eigenvalue weighted by Crippen LogP contribution is 2.37. The largest absolute Gasteiger partial charge is 0.508 e. The number of aliphatic hydroxyl groups excluding tert-OH is 1. The first-order chi connectivity index (χ1) is 15.3. The number of fused-ring (bicyclic) bond motifs is 1. The highest BCUT2D eigenvalue weighted by Gasteiger charge is 2.38. The molecular weight excluding hydrogens is 410 g/mol. The Morgan fingerprint density at radius 2 is 1.91 bits per heavy atom. The summed E-state index contributed by atoms with van der Waals surface area (Å²) in [5.41, 5.74) is 4.17. The normalized spacial score (nSPS) is 18.3. The molecule has 2 aromatic carbocycles. The van der Waals surface area contributed by atoms with E-state index in [1.165, 1.54) is 0 Å². The molecule has 0 aromatic heterocycles. The van der Waals surface area contributed by atoms with E-state index < -0.39 is 24.1 Å². The average Bonchev–Trinajstić information content (AvgIpc) is 3.09. The number of hydroxylamine groups is 1. The minimum Gasteiger partial charge on any atom is -0.508 e. The highest BCUT2D eigenvalue weighted by atomic mass is 16.5. The average molecular weight is 442 g/mol. The molecule has 2 amide bonds. The van der Waals surface area contributed by atoms with Gasteiger partial charge in [-0.1, -0.05) is 50.2 Å². The Balaban J connectivity index is 1.91. The zero-order valence-electron chi connectivity index (χ0n) is 18.4. The Kier molecular flexibility index (Phi) is 7.84. The summed E-state index contributed by atoms with van der Waals surface area (Å²) in [4.78, 5) is 27.2. The Bertz CT molecular complexity index is 949. The van der Waals surface area contributed by atoms with Gasteiger partial charge in [0, 0.05) is 13.0 Å². The van der Waals surface area contributed by atoms with Crippen LogP contribution in [-0.4, -0.2) is 50.8 Å². The van der Waals surface area contributed by atoms with Crippen molar-refractivity contribution >= 4 is 11.8 Å². The zero-order chi connectivity index (χ0) is 23.3. The van der Waals surface area contributed by atoms with Crippen molar-refractivity contribution in [1.29, 1.82) is 0 Å². The van der Waals surface area contributed by atoms with Gasteiger partial charge in [-0.2, -0.15) is 0 Å². The Hall–Kier alpha value is -2.94. The van der Waals surface area contributed by atoms with E-state index in [9.17, 15) is 19.8 Å². The lowest BCUT2D eigenvalue weighted by Gasteiger charge is -2.33. The van der Waals surface area contributed by atoms with E-state index in [4.69, 9.17) is 5.21 Å². The number of rotatable bonds is 9. The number of carbonyl (C=O) groups excluding carboxylic acids is 2. The standard InChI is InChI=1S/C24H31N3O5/c1-15(2)13-25-20(24(31)26-32)12-22(30)27(14-16-6-5-8-18(28)10-16)23-19-9-4-3-7-17(19)11-21(23)29/h3-10,15,20-21,23,25,28-29,32H,11-14H2,1-2H3,(H,26,31)/t20?,21-,23+/m1/s1. The van der Waals surface area contributed by atoms with Crippen molar-refractivity contribution in [3.05, 3.63) is 65.2 Å². The molecule has 5 N–H and O–H groups in total. The molecule has 3 rings (SSSR count). The number of nitrogens with one attached hydrogen (secondary N) is 2. The van der Waals surface area contributed by atoms with E-state index in [1.807, 2.05) is 38.1 Å². The van der Waals surface area contributed by atoms with Gasteiger partial charge >= 0.3 is 0 Å². The van der Waals surface area contributed by atoms with Crippen LogP contribution in [0.4, 0.5) is 0 Å². The predicted molar refractivity (Wildman–Crippen MR) is 119 cm³/mol. The lowest BCUT2D eigenvalue weighted by atomic mass is 10.0. The van der Waals surface area contributed by atoms with Crippen molar-refractivity contribution in [2.75, 3.05) is 6.54 Å². The summed E-state index contributed by atoms with van der Waals surface area (Å²) in [6, 6.07) is 12.7. The van der Waals surface area contributed by atoms with Gasteiger partial charge < -0.3 is 20.4 Å². The summed E-state index contributed by atoms with van der Waals surface area (Å²) < 4.78 is 0. The van der Waals surface area contributed by atoms with E-state index in [0.29, 0.717) is 18.5 Å². The van der Waals surface area contributed by atoms with E-state index in [2.05, 4.69) is 5.32 Å². The monoisotopic (exact) mass is 441 g/mol. The Labute approximate surface area is 187 Å². The second kappa shape index (κ2) is 10.6. The van der Waals surface area contributed by atoms with Gasteiger partial charge in [0.25, 0.3) is 5.91 Å². The van der Waals surface area contributed by atoms with E-state index in [0.717, 1.165) is 11.1 Å². The minimum atomic E-state index is -0.921. The van der Waals surface area contributed by atoms with E-state index in [-0.39, 0.29) is 30.5 Å². The third kappa shape index (κ3) is 5.64. The molecule has 0 aliphatic heterocycles. The Morgan fingerprint density at radius 3 is 2.59 bits per heavy atom. The number of amides is 2. The highest BCUT2D eigenvalue weighted by molar-refractivity contribution is 5.88. The summed E-state index contributed by atoms with van der Waals surface area (Å²) in [5.74, 6) is -0.716. The molecule has 32 heavy (non-hydrogen) atoms. The second-order valence-electron chi connectivity index (χ2n) is 8.64. The molecule has 0 radical (unpaired) electrons. The van der Waals surface area contributed by atoms with Crippen LogP contribution in [0.1, 0.15) is 43.0 Å². The third-order valence-electron chi connectivity index (χ3n) is 5.66. The van der Waals surface area contributed by atoms with Crippen LogP contribution in [0.5, 0.6) is 5.75 Å². The number of hydrogen-bond donors (Lipinski definition) is 5. The fourth-order valence-electron chi connectivity index (χ4n) is 4.13. The van der Waals surface area contributed by atoms with Crippen molar-refractivity contribution in [2.45, 2.75) is 51.4 Å². The zero-order valence-corrected chi connectivity index (χ0v) is 18.4. The molecule has 8 nitrogen and oxygen atoms in total. The molecule has 3 atom stereocenters. The summed E-state index contributed by atoms with van der Waals surface area (Å²) in [7, 11) is 0. The summed E-state index contributed by atoms with van der Waals surface area (Å²) in [5, 5.41) is 32.9. The molecular formula is C24H31N3O5. The number of aromatic hydroxyl groups is 1. The van der Waals surface area contributed by atoms with E-state index >= 15 is 0 Å². The van der Waals surface area contributed by atoms with E-state index in [1.54, 1.807) is 34.6 Å². The van der Waals surface area contributed by atoms with Gasteiger partial charge in [0.15, 0.2) is 0 Å². The van der Waals surface area contributed by atoms with Crippen molar-refractivity contribution in [2.24, 2.45) is 5.92 Å². The molecule has 8 heteroatoms. The Morgan fingerprint density at radius 1 is 1.16 bits per heavy atom. The molecule has 0 bridgehead atoms. The maximum atomic E-state index is 13.5. The fraction of sp³-hybridized carbons (Fsp3) is 0.417. The number of nitrogens with zero attached hydrogens (tertiary/aromatic N) is 1. The first-order valence-electron chi connectivity index (χ1n) is 10.8. The first-order valence-corrected chi connectivity index (χ1v) is 10.8. The second-order valence-corrected chi connectivity index (χ2v) is 8.64. The number of phenolic OH excluding ortho intramolecular Hbond substituents is 1. The summed E-state index contributed by atoms with van der Waals surface area (Å²) in [6.07, 6.45) is -0.553. The maximum Gasteiger partial charge on any atom is 0.260 e. The van der Waals surface area contributed by atoms with Crippen LogP contribution in [0.15, 0.2) is 48.5 Å². The van der Waals surface area contributed by atoms with Crippen LogP contribution in [0.3, 0.4) is 0 Å². The van der Waals surface area contributed by atoms with Crippen LogP contribution in [-0.2, 0) is 22.6 Å². The van der Waals surface area contributed by atoms with Crippen LogP contribution >= 0.6 is 0 Å². The van der Waals surface area contributed by atoms with Crippen molar-refractivity contribution in [1.82, 2.24) is 15.7 Å². The van der Waals surface area contributed by atoms with Crippen LogP contribution in [0, 0.1) is 5.92 Å². The number of benzene rings is 2. The minimum absolute atomic E-state index is 0.0819. The molecule has 0 fully saturated rings.